The third-order valence-electron chi connectivity index (χ3n) is 4.24. The Balaban J connectivity index is 2.83. The molecule has 1 aliphatic carbocycles. The maximum Gasteiger partial charge on any atom is 0.233 e. The van der Waals surface area contributed by atoms with Gasteiger partial charge in [0.15, 0.2) is 0 Å². The molecule has 4 heteroatoms. The van der Waals surface area contributed by atoms with Gasteiger partial charge >= 0.3 is 0 Å². The van der Waals surface area contributed by atoms with Gasteiger partial charge in [0.05, 0.1) is 10.9 Å². The van der Waals surface area contributed by atoms with Crippen molar-refractivity contribution < 1.29 is 4.79 Å². The van der Waals surface area contributed by atoms with E-state index < -0.39 is 0 Å². The largest absolute Gasteiger partial charge is 0.393 e. The van der Waals surface area contributed by atoms with Gasteiger partial charge in [-0.25, -0.2) is 0 Å². The Bertz CT molecular complexity index is 335. The fraction of sp³-hybridized carbons (Fsp3) is 0.875. The zero-order chi connectivity index (χ0) is 15.3. The van der Waals surface area contributed by atoms with Gasteiger partial charge in [-0.3, -0.25) is 4.79 Å². The minimum atomic E-state index is -0.308. The molecule has 1 aliphatic rings. The van der Waals surface area contributed by atoms with Crippen LogP contribution < -0.4 is 5.73 Å². The van der Waals surface area contributed by atoms with Gasteiger partial charge < -0.3 is 10.6 Å². The van der Waals surface area contributed by atoms with E-state index >= 15 is 0 Å². The van der Waals surface area contributed by atoms with Gasteiger partial charge in [0.25, 0.3) is 0 Å². The van der Waals surface area contributed by atoms with Crippen molar-refractivity contribution in [3.8, 4) is 0 Å². The van der Waals surface area contributed by atoms with Crippen molar-refractivity contribution in [1.82, 2.24) is 4.90 Å². The van der Waals surface area contributed by atoms with Crippen molar-refractivity contribution in [3.63, 3.8) is 0 Å². The van der Waals surface area contributed by atoms with E-state index in [2.05, 4.69) is 18.7 Å². The number of nitrogens with zero attached hydrogens (tertiary/aromatic N) is 1. The lowest BCUT2D eigenvalue weighted by Gasteiger charge is -2.34. The molecule has 3 nitrogen and oxygen atoms in total. The predicted molar refractivity (Wildman–Crippen MR) is 88.5 cm³/mol. The standard InChI is InChI=1S/C16H30N2OS/c1-11(2)9-10-18(13-7-5-6-8-13)16(19)14(12(3)4)15(17)20/h11-14H,5-10H2,1-4H3,(H2,17,20). The number of amides is 1. The molecule has 1 unspecified atom stereocenters. The summed E-state index contributed by atoms with van der Waals surface area (Å²) >= 11 is 5.13. The fourth-order valence-corrected chi connectivity index (χ4v) is 3.37. The first kappa shape index (κ1) is 17.4. The third-order valence-corrected chi connectivity index (χ3v) is 4.49. The summed E-state index contributed by atoms with van der Waals surface area (Å²) in [5.41, 5.74) is 5.81. The van der Waals surface area contributed by atoms with E-state index in [0.29, 0.717) is 16.9 Å². The van der Waals surface area contributed by atoms with Gasteiger partial charge in [-0.15, -0.1) is 0 Å². The molecule has 0 spiro atoms. The zero-order valence-electron chi connectivity index (χ0n) is 13.4. The van der Waals surface area contributed by atoms with Crippen molar-refractivity contribution in [1.29, 1.82) is 0 Å². The second kappa shape index (κ2) is 7.96. The van der Waals surface area contributed by atoms with Crippen LogP contribution in [-0.4, -0.2) is 28.4 Å². The molecule has 116 valence electrons. The summed E-state index contributed by atoms with van der Waals surface area (Å²) in [6, 6.07) is 0.400. The quantitative estimate of drug-likeness (QED) is 0.733. The van der Waals surface area contributed by atoms with Gasteiger partial charge in [-0.1, -0.05) is 52.8 Å². The Morgan fingerprint density at radius 1 is 1.25 bits per heavy atom. The highest BCUT2D eigenvalue weighted by atomic mass is 32.1. The van der Waals surface area contributed by atoms with E-state index in [1.165, 1.54) is 12.8 Å². The highest BCUT2D eigenvalue weighted by Crippen LogP contribution is 2.27. The lowest BCUT2D eigenvalue weighted by molar-refractivity contribution is -0.136. The van der Waals surface area contributed by atoms with Crippen molar-refractivity contribution in [2.24, 2.45) is 23.5 Å². The summed E-state index contributed by atoms with van der Waals surface area (Å²) in [7, 11) is 0. The van der Waals surface area contributed by atoms with E-state index in [1.54, 1.807) is 0 Å². The second-order valence-electron chi connectivity index (χ2n) is 6.78. The molecule has 1 fully saturated rings. The van der Waals surface area contributed by atoms with Crippen LogP contribution in [0.5, 0.6) is 0 Å². The highest BCUT2D eigenvalue weighted by molar-refractivity contribution is 7.80. The Labute approximate surface area is 129 Å². The summed E-state index contributed by atoms with van der Waals surface area (Å²) in [5, 5.41) is 0. The molecule has 1 atom stereocenters. The molecular formula is C16H30N2OS. The lowest BCUT2D eigenvalue weighted by atomic mass is 9.93. The summed E-state index contributed by atoms with van der Waals surface area (Å²) in [5.74, 6) is 0.620. The van der Waals surface area contributed by atoms with Gasteiger partial charge in [0, 0.05) is 12.6 Å². The molecular weight excluding hydrogens is 268 g/mol. The number of hydrogen-bond acceptors (Lipinski definition) is 2. The topological polar surface area (TPSA) is 46.3 Å². The molecule has 2 N–H and O–H groups in total. The van der Waals surface area contributed by atoms with Crippen molar-refractivity contribution >= 4 is 23.1 Å². The maximum absolute atomic E-state index is 12.9. The van der Waals surface area contributed by atoms with Crippen LogP contribution in [0.25, 0.3) is 0 Å². The molecule has 1 amide bonds. The first-order valence-corrected chi connectivity index (χ1v) is 8.35. The molecule has 0 aromatic heterocycles. The highest BCUT2D eigenvalue weighted by Gasteiger charge is 2.34. The minimum Gasteiger partial charge on any atom is -0.393 e. The first-order chi connectivity index (χ1) is 9.34. The van der Waals surface area contributed by atoms with Crippen molar-refractivity contribution in [2.75, 3.05) is 6.54 Å². The molecule has 20 heavy (non-hydrogen) atoms. The van der Waals surface area contributed by atoms with Gasteiger partial charge in [-0.05, 0) is 31.1 Å². The Morgan fingerprint density at radius 3 is 2.20 bits per heavy atom. The minimum absolute atomic E-state index is 0.153. The second-order valence-corrected chi connectivity index (χ2v) is 7.25. The SMILES string of the molecule is CC(C)CCN(C(=O)C(C(N)=S)C(C)C)C1CCCC1. The third kappa shape index (κ3) is 4.72. The number of carbonyl (C=O) groups excluding carboxylic acids is 1. The summed E-state index contributed by atoms with van der Waals surface area (Å²) < 4.78 is 0. The van der Waals surface area contributed by atoms with E-state index in [0.717, 1.165) is 25.8 Å². The molecule has 0 aliphatic heterocycles. The molecule has 0 aromatic carbocycles. The first-order valence-electron chi connectivity index (χ1n) is 7.94. The van der Waals surface area contributed by atoms with E-state index in [1.807, 2.05) is 13.8 Å². The average molecular weight is 298 g/mol. The predicted octanol–water partition coefficient (Wildman–Crippen LogP) is 3.36. The van der Waals surface area contributed by atoms with Crippen LogP contribution in [0.15, 0.2) is 0 Å². The van der Waals surface area contributed by atoms with E-state index in [4.69, 9.17) is 18.0 Å². The Hall–Kier alpha value is -0.640. The molecule has 0 bridgehead atoms. The van der Waals surface area contributed by atoms with Gasteiger partial charge in [0.1, 0.15) is 0 Å². The van der Waals surface area contributed by atoms with Gasteiger partial charge in [0.2, 0.25) is 5.91 Å². The fourth-order valence-electron chi connectivity index (χ4n) is 3.00. The van der Waals surface area contributed by atoms with Crippen LogP contribution in [0, 0.1) is 17.8 Å². The normalized spacial score (nSPS) is 17.7. The molecule has 0 radical (unpaired) electrons. The van der Waals surface area contributed by atoms with Crippen LogP contribution in [0.1, 0.15) is 59.8 Å². The van der Waals surface area contributed by atoms with Gasteiger partial charge in [-0.2, -0.15) is 0 Å². The number of nitrogens with two attached hydrogens (primary N) is 1. The summed E-state index contributed by atoms with van der Waals surface area (Å²) in [4.78, 5) is 15.3. The smallest absolute Gasteiger partial charge is 0.233 e. The number of thiocarbonyl (C=S) groups is 1. The molecule has 0 aromatic rings. The van der Waals surface area contributed by atoms with Crippen LogP contribution in [-0.2, 0) is 4.79 Å². The Kier molecular flexibility index (Phi) is 6.93. The maximum atomic E-state index is 12.9. The van der Waals surface area contributed by atoms with Crippen molar-refractivity contribution in [2.45, 2.75) is 65.8 Å². The monoisotopic (exact) mass is 298 g/mol. The summed E-state index contributed by atoms with van der Waals surface area (Å²) in [6.07, 6.45) is 5.77. The molecule has 1 saturated carbocycles. The molecule has 1 rings (SSSR count). The zero-order valence-corrected chi connectivity index (χ0v) is 14.2. The van der Waals surface area contributed by atoms with E-state index in [9.17, 15) is 4.79 Å². The molecule has 0 heterocycles. The van der Waals surface area contributed by atoms with E-state index in [-0.39, 0.29) is 17.7 Å². The molecule has 0 saturated heterocycles. The number of hydrogen-bond donors (Lipinski definition) is 1. The lowest BCUT2D eigenvalue weighted by Crippen LogP contribution is -2.48. The average Bonchev–Trinajstić information content (AvgIpc) is 2.81. The number of carbonyl (C=O) groups is 1. The van der Waals surface area contributed by atoms with Crippen LogP contribution in [0.2, 0.25) is 0 Å². The van der Waals surface area contributed by atoms with Crippen LogP contribution in [0.3, 0.4) is 0 Å². The number of rotatable bonds is 7. The van der Waals surface area contributed by atoms with Crippen molar-refractivity contribution in [3.05, 3.63) is 0 Å². The summed E-state index contributed by atoms with van der Waals surface area (Å²) in [6.45, 7) is 9.29. The van der Waals surface area contributed by atoms with Crippen LogP contribution in [0.4, 0.5) is 0 Å². The van der Waals surface area contributed by atoms with Crippen LogP contribution >= 0.6 is 12.2 Å². The Morgan fingerprint density at radius 2 is 1.80 bits per heavy atom.